The van der Waals surface area contributed by atoms with E-state index in [0.29, 0.717) is 24.1 Å². The van der Waals surface area contributed by atoms with Crippen LogP contribution in [0.3, 0.4) is 0 Å². The zero-order chi connectivity index (χ0) is 16.7. The van der Waals surface area contributed by atoms with Gasteiger partial charge in [0.25, 0.3) is 0 Å². The van der Waals surface area contributed by atoms with Crippen LogP contribution in [0.5, 0.6) is 0 Å². The molecule has 1 aliphatic heterocycles. The number of anilines is 1. The molecule has 2 fully saturated rings. The number of halogens is 2. The number of benzene rings is 1. The van der Waals surface area contributed by atoms with Crippen LogP contribution < -0.4 is 4.90 Å². The van der Waals surface area contributed by atoms with Crippen molar-refractivity contribution >= 4 is 55.3 Å². The van der Waals surface area contributed by atoms with Gasteiger partial charge in [0.1, 0.15) is 0 Å². The van der Waals surface area contributed by atoms with Gasteiger partial charge in [-0.25, -0.2) is 4.79 Å². The number of nitrogens with zero attached hydrogens (tertiary/aromatic N) is 1. The Bertz CT molecular complexity index is 633. The largest absolute Gasteiger partial charge is 0.465 e. The number of hydrogen-bond donors (Lipinski definition) is 0. The fourth-order valence-corrected chi connectivity index (χ4v) is 4.45. The lowest BCUT2D eigenvalue weighted by Gasteiger charge is -2.29. The predicted molar refractivity (Wildman–Crippen MR) is 91.9 cm³/mol. The highest BCUT2D eigenvalue weighted by Gasteiger charge is 2.52. The molecule has 1 aliphatic carbocycles. The van der Waals surface area contributed by atoms with E-state index >= 15 is 0 Å². The Hall–Kier alpha value is -1.21. The first-order valence-corrected chi connectivity index (χ1v) is 9.11. The zero-order valence-electron chi connectivity index (χ0n) is 12.4. The van der Waals surface area contributed by atoms with Gasteiger partial charge in [-0.15, -0.1) is 0 Å². The standard InChI is InChI=1S/C16H15Br2NO4/c1-23-16(22)8-2-4-9(5-3-8)19-14(20)10-6-12(17)13(18)7-11(10)15(19)21/h2-5,10-13H,6-7H2,1H3/t10-,11-,12-,13+/m1/s1. The molecule has 1 heterocycles. The number of esters is 1. The Kier molecular flexibility index (Phi) is 4.60. The molecule has 5 nitrogen and oxygen atoms in total. The van der Waals surface area contributed by atoms with E-state index in [-0.39, 0.29) is 33.3 Å². The average Bonchev–Trinajstić information content (AvgIpc) is 2.78. The maximum Gasteiger partial charge on any atom is 0.337 e. The number of amides is 2. The van der Waals surface area contributed by atoms with Crippen molar-refractivity contribution in [3.63, 3.8) is 0 Å². The van der Waals surface area contributed by atoms with Crippen molar-refractivity contribution in [2.24, 2.45) is 11.8 Å². The molecular formula is C16H15Br2NO4. The maximum absolute atomic E-state index is 12.7. The molecule has 0 N–H and O–H groups in total. The van der Waals surface area contributed by atoms with Crippen LogP contribution in [-0.4, -0.2) is 34.5 Å². The van der Waals surface area contributed by atoms with E-state index in [9.17, 15) is 14.4 Å². The lowest BCUT2D eigenvalue weighted by Crippen LogP contribution is -2.34. The molecule has 2 amide bonds. The fourth-order valence-electron chi connectivity index (χ4n) is 3.21. The summed E-state index contributed by atoms with van der Waals surface area (Å²) in [4.78, 5) is 38.4. The molecule has 2 aliphatic rings. The molecule has 0 spiro atoms. The zero-order valence-corrected chi connectivity index (χ0v) is 15.5. The van der Waals surface area contributed by atoms with Gasteiger partial charge >= 0.3 is 5.97 Å². The van der Waals surface area contributed by atoms with Crippen LogP contribution in [0, 0.1) is 11.8 Å². The summed E-state index contributed by atoms with van der Waals surface area (Å²) >= 11 is 7.13. The summed E-state index contributed by atoms with van der Waals surface area (Å²) in [6.07, 6.45) is 1.28. The van der Waals surface area contributed by atoms with Crippen LogP contribution >= 0.6 is 31.9 Å². The third-order valence-corrected chi connectivity index (χ3v) is 7.19. The molecule has 7 heteroatoms. The van der Waals surface area contributed by atoms with Gasteiger partial charge in [0.2, 0.25) is 11.8 Å². The van der Waals surface area contributed by atoms with Crippen molar-refractivity contribution < 1.29 is 19.1 Å². The van der Waals surface area contributed by atoms with E-state index in [1.54, 1.807) is 24.3 Å². The van der Waals surface area contributed by atoms with E-state index in [0.717, 1.165) is 0 Å². The molecule has 1 saturated heterocycles. The molecule has 0 radical (unpaired) electrons. The van der Waals surface area contributed by atoms with Gasteiger partial charge in [0.15, 0.2) is 0 Å². The number of carbonyl (C=O) groups is 3. The van der Waals surface area contributed by atoms with Crippen molar-refractivity contribution in [3.05, 3.63) is 29.8 Å². The smallest absolute Gasteiger partial charge is 0.337 e. The van der Waals surface area contributed by atoms with E-state index in [2.05, 4.69) is 36.6 Å². The Balaban J connectivity index is 1.87. The van der Waals surface area contributed by atoms with Crippen molar-refractivity contribution in [1.82, 2.24) is 0 Å². The molecular weight excluding hydrogens is 430 g/mol. The van der Waals surface area contributed by atoms with E-state index in [1.807, 2.05) is 0 Å². The third kappa shape index (κ3) is 2.85. The molecule has 1 saturated carbocycles. The van der Waals surface area contributed by atoms with Crippen LogP contribution in [-0.2, 0) is 14.3 Å². The van der Waals surface area contributed by atoms with Crippen molar-refractivity contribution in [2.45, 2.75) is 22.5 Å². The molecule has 4 atom stereocenters. The second-order valence-corrected chi connectivity index (χ2v) is 8.12. The van der Waals surface area contributed by atoms with Crippen LogP contribution in [0.1, 0.15) is 23.2 Å². The number of carbonyl (C=O) groups excluding carboxylic acids is 3. The summed E-state index contributed by atoms with van der Waals surface area (Å²) in [5.41, 5.74) is 0.883. The average molecular weight is 445 g/mol. The number of ether oxygens (including phenoxy) is 1. The highest BCUT2D eigenvalue weighted by Crippen LogP contribution is 2.44. The Morgan fingerprint density at radius 2 is 1.52 bits per heavy atom. The summed E-state index contributed by atoms with van der Waals surface area (Å²) in [5, 5.41) is 0. The molecule has 3 rings (SSSR count). The predicted octanol–water partition coefficient (Wildman–Crippen LogP) is 2.90. The highest BCUT2D eigenvalue weighted by atomic mass is 79.9. The topological polar surface area (TPSA) is 63.7 Å². The van der Waals surface area contributed by atoms with Crippen LogP contribution in [0.2, 0.25) is 0 Å². The Labute approximate surface area is 150 Å². The van der Waals surface area contributed by atoms with Gasteiger partial charge in [0.05, 0.1) is 30.2 Å². The first kappa shape index (κ1) is 16.6. The monoisotopic (exact) mass is 443 g/mol. The number of alkyl halides is 2. The normalized spacial score (nSPS) is 30.3. The lowest BCUT2D eigenvalue weighted by molar-refractivity contribution is -0.122. The maximum atomic E-state index is 12.7. The van der Waals surface area contributed by atoms with Crippen molar-refractivity contribution in [1.29, 1.82) is 0 Å². The van der Waals surface area contributed by atoms with Gasteiger partial charge in [-0.2, -0.15) is 0 Å². The molecule has 1 aromatic carbocycles. The summed E-state index contributed by atoms with van der Waals surface area (Å²) < 4.78 is 4.65. The first-order valence-electron chi connectivity index (χ1n) is 7.28. The summed E-state index contributed by atoms with van der Waals surface area (Å²) in [7, 11) is 1.31. The van der Waals surface area contributed by atoms with Crippen molar-refractivity contribution in [3.8, 4) is 0 Å². The van der Waals surface area contributed by atoms with E-state index in [4.69, 9.17) is 0 Å². The molecule has 1 aromatic rings. The van der Waals surface area contributed by atoms with E-state index in [1.165, 1.54) is 12.0 Å². The second kappa shape index (κ2) is 6.36. The summed E-state index contributed by atoms with van der Waals surface area (Å²) in [5.74, 6) is -1.32. The van der Waals surface area contributed by atoms with Crippen LogP contribution in [0.15, 0.2) is 24.3 Å². The minimum Gasteiger partial charge on any atom is -0.465 e. The molecule has 23 heavy (non-hydrogen) atoms. The number of hydrogen-bond acceptors (Lipinski definition) is 4. The molecule has 122 valence electrons. The number of methoxy groups -OCH3 is 1. The quantitative estimate of drug-likeness (QED) is 0.399. The fraction of sp³-hybridized carbons (Fsp3) is 0.438. The minimum atomic E-state index is -0.450. The Morgan fingerprint density at radius 1 is 1.04 bits per heavy atom. The number of imide groups is 1. The lowest BCUT2D eigenvalue weighted by atomic mass is 9.81. The van der Waals surface area contributed by atoms with Gasteiger partial charge in [0, 0.05) is 9.65 Å². The number of rotatable bonds is 2. The van der Waals surface area contributed by atoms with Crippen LogP contribution in [0.25, 0.3) is 0 Å². The molecule has 0 aromatic heterocycles. The van der Waals surface area contributed by atoms with Gasteiger partial charge < -0.3 is 4.74 Å². The second-order valence-electron chi connectivity index (χ2n) is 5.77. The van der Waals surface area contributed by atoms with Crippen LogP contribution in [0.4, 0.5) is 5.69 Å². The van der Waals surface area contributed by atoms with Gasteiger partial charge in [-0.3, -0.25) is 14.5 Å². The Morgan fingerprint density at radius 3 is 1.96 bits per heavy atom. The highest BCUT2D eigenvalue weighted by molar-refractivity contribution is 9.12. The van der Waals surface area contributed by atoms with Gasteiger partial charge in [-0.1, -0.05) is 31.9 Å². The summed E-state index contributed by atoms with van der Waals surface area (Å²) in [6.45, 7) is 0. The molecule has 0 bridgehead atoms. The first-order chi connectivity index (χ1) is 10.9. The number of fused-ring (bicyclic) bond motifs is 1. The molecule has 0 unspecified atom stereocenters. The van der Waals surface area contributed by atoms with Crippen molar-refractivity contribution in [2.75, 3.05) is 12.0 Å². The minimum absolute atomic E-state index is 0.158. The van der Waals surface area contributed by atoms with Gasteiger partial charge in [-0.05, 0) is 37.1 Å². The third-order valence-electron chi connectivity index (χ3n) is 4.46. The SMILES string of the molecule is COC(=O)c1ccc(N2C(=O)[C@@H]3C[C@@H](Br)[C@@H](Br)C[C@H]3C2=O)cc1. The summed E-state index contributed by atoms with van der Waals surface area (Å²) in [6, 6.07) is 6.34. The van der Waals surface area contributed by atoms with E-state index < -0.39 is 5.97 Å².